The Morgan fingerprint density at radius 3 is 2.61 bits per heavy atom. The molecule has 1 aliphatic carbocycles. The summed E-state index contributed by atoms with van der Waals surface area (Å²) in [6.45, 7) is 1.53. The Bertz CT molecular complexity index is 619. The number of nitrogens with one attached hydrogen (secondary N) is 1. The molecular weight excluding hydrogens is 304 g/mol. The Labute approximate surface area is 132 Å². The molecule has 126 valence electrons. The molecule has 0 unspecified atom stereocenters. The molecule has 23 heavy (non-hydrogen) atoms. The number of hydrogen-bond acceptors (Lipinski definition) is 5. The van der Waals surface area contributed by atoms with Gasteiger partial charge in [-0.1, -0.05) is 19.3 Å². The molecule has 0 spiro atoms. The lowest BCUT2D eigenvalue weighted by Gasteiger charge is -2.33. The van der Waals surface area contributed by atoms with Crippen LogP contribution in [-0.2, 0) is 16.1 Å². The molecule has 2 N–H and O–H groups in total. The van der Waals surface area contributed by atoms with Crippen LogP contribution in [-0.4, -0.2) is 38.0 Å². The van der Waals surface area contributed by atoms with Gasteiger partial charge in [0.1, 0.15) is 12.7 Å². The number of carboxylic acids is 1. The van der Waals surface area contributed by atoms with Gasteiger partial charge in [0.15, 0.2) is 0 Å². The molecule has 0 saturated heterocycles. The minimum absolute atomic E-state index is 0.0804. The average molecular weight is 324 g/mol. The molecule has 1 saturated carbocycles. The lowest BCUT2D eigenvalue weighted by atomic mass is 9.74. The molecule has 1 aromatic heterocycles. The number of imidazole rings is 1. The van der Waals surface area contributed by atoms with E-state index in [1.165, 1.54) is 10.8 Å². The van der Waals surface area contributed by atoms with E-state index in [4.69, 9.17) is 0 Å². The zero-order valence-corrected chi connectivity index (χ0v) is 12.9. The van der Waals surface area contributed by atoms with E-state index in [0.717, 1.165) is 19.3 Å². The monoisotopic (exact) mass is 324 g/mol. The number of nitrogens with zero attached hydrogens (tertiary/aromatic N) is 3. The molecule has 1 amide bonds. The smallest absolute Gasteiger partial charge is 0.381 e. The van der Waals surface area contributed by atoms with Crippen molar-refractivity contribution in [1.82, 2.24) is 14.9 Å². The summed E-state index contributed by atoms with van der Waals surface area (Å²) in [7, 11) is 0. The lowest BCUT2D eigenvalue weighted by Crippen LogP contribution is -2.45. The number of aryl methyl sites for hydroxylation is 1. The number of aromatic nitrogens is 2. The summed E-state index contributed by atoms with van der Waals surface area (Å²) in [5.41, 5.74) is -0.899. The predicted molar refractivity (Wildman–Crippen MR) is 79.8 cm³/mol. The van der Waals surface area contributed by atoms with Crippen molar-refractivity contribution in [3.8, 4) is 0 Å². The molecular formula is C14H20N4O5. The lowest BCUT2D eigenvalue weighted by molar-refractivity contribution is -0.389. The van der Waals surface area contributed by atoms with Crippen LogP contribution in [0.15, 0.2) is 6.20 Å². The third kappa shape index (κ3) is 3.85. The largest absolute Gasteiger partial charge is 0.481 e. The molecule has 1 aromatic rings. The highest BCUT2D eigenvalue weighted by molar-refractivity contribution is 5.79. The zero-order valence-electron chi connectivity index (χ0n) is 12.9. The maximum Gasteiger partial charge on any atom is 0.381 e. The molecule has 1 heterocycles. The number of carbonyl (C=O) groups excluding carboxylic acids is 1. The molecule has 9 heteroatoms. The Kier molecular flexibility index (Phi) is 4.97. The van der Waals surface area contributed by atoms with Crippen LogP contribution in [0.2, 0.25) is 0 Å². The van der Waals surface area contributed by atoms with Crippen molar-refractivity contribution in [2.45, 2.75) is 45.6 Å². The number of rotatable bonds is 6. The second-order valence-corrected chi connectivity index (χ2v) is 5.95. The van der Waals surface area contributed by atoms with Gasteiger partial charge in [-0.2, -0.15) is 0 Å². The van der Waals surface area contributed by atoms with E-state index < -0.39 is 16.3 Å². The van der Waals surface area contributed by atoms with Crippen LogP contribution in [0.4, 0.5) is 5.82 Å². The minimum Gasteiger partial charge on any atom is -0.481 e. The molecule has 9 nitrogen and oxygen atoms in total. The van der Waals surface area contributed by atoms with E-state index in [2.05, 4.69) is 10.3 Å². The quantitative estimate of drug-likeness (QED) is 0.599. The van der Waals surface area contributed by atoms with Gasteiger partial charge in [-0.25, -0.2) is 0 Å². The number of nitro groups is 1. The summed E-state index contributed by atoms with van der Waals surface area (Å²) in [6.07, 6.45) is 5.00. The van der Waals surface area contributed by atoms with Gasteiger partial charge in [-0.15, -0.1) is 0 Å². The van der Waals surface area contributed by atoms with Crippen molar-refractivity contribution in [1.29, 1.82) is 0 Å². The number of aliphatic carboxylic acids is 1. The van der Waals surface area contributed by atoms with Crippen LogP contribution in [0.5, 0.6) is 0 Å². The Hall–Kier alpha value is -2.45. The summed E-state index contributed by atoms with van der Waals surface area (Å²) in [5.74, 6) is -1.22. The fourth-order valence-corrected chi connectivity index (χ4v) is 2.91. The van der Waals surface area contributed by atoms with E-state index in [9.17, 15) is 24.8 Å². The van der Waals surface area contributed by atoms with Gasteiger partial charge in [0, 0.05) is 13.5 Å². The molecule has 2 rings (SSSR count). The first-order valence-electron chi connectivity index (χ1n) is 7.52. The van der Waals surface area contributed by atoms with Crippen LogP contribution in [0, 0.1) is 22.5 Å². The van der Waals surface area contributed by atoms with Gasteiger partial charge in [0.25, 0.3) is 0 Å². The van der Waals surface area contributed by atoms with Crippen molar-refractivity contribution >= 4 is 17.7 Å². The van der Waals surface area contributed by atoms with Crippen LogP contribution in [0.25, 0.3) is 0 Å². The van der Waals surface area contributed by atoms with Crippen molar-refractivity contribution in [2.75, 3.05) is 6.54 Å². The average Bonchev–Trinajstić information content (AvgIpc) is 2.87. The highest BCUT2D eigenvalue weighted by Gasteiger charge is 2.39. The second-order valence-electron chi connectivity index (χ2n) is 5.95. The van der Waals surface area contributed by atoms with Crippen molar-refractivity contribution in [2.24, 2.45) is 5.41 Å². The Morgan fingerprint density at radius 1 is 1.43 bits per heavy atom. The second kappa shape index (κ2) is 6.76. The maximum absolute atomic E-state index is 12.0. The molecule has 0 radical (unpaired) electrons. The number of amides is 1. The van der Waals surface area contributed by atoms with Crippen LogP contribution >= 0.6 is 0 Å². The number of hydrogen-bond donors (Lipinski definition) is 2. The molecule has 0 aliphatic heterocycles. The Morgan fingerprint density at radius 2 is 2.09 bits per heavy atom. The summed E-state index contributed by atoms with van der Waals surface area (Å²) >= 11 is 0. The SMILES string of the molecule is Cc1nc([N+](=O)[O-])cn1CC(=O)NCC1(C(=O)O)CCCCC1. The van der Waals surface area contributed by atoms with Crippen molar-refractivity contribution in [3.05, 3.63) is 22.1 Å². The van der Waals surface area contributed by atoms with Gasteiger partial charge in [-0.05, 0) is 22.7 Å². The number of carbonyl (C=O) groups is 2. The highest BCUT2D eigenvalue weighted by atomic mass is 16.6. The number of carboxylic acid groups (broad SMARTS) is 1. The van der Waals surface area contributed by atoms with Gasteiger partial charge in [0.05, 0.1) is 5.41 Å². The van der Waals surface area contributed by atoms with E-state index in [1.54, 1.807) is 6.92 Å². The molecule has 1 aliphatic rings. The topological polar surface area (TPSA) is 127 Å². The van der Waals surface area contributed by atoms with Crippen molar-refractivity contribution < 1.29 is 19.6 Å². The first kappa shape index (κ1) is 16.9. The van der Waals surface area contributed by atoms with E-state index in [0.29, 0.717) is 18.7 Å². The summed E-state index contributed by atoms with van der Waals surface area (Å²) in [6, 6.07) is 0. The molecule has 0 atom stereocenters. The maximum atomic E-state index is 12.0. The molecule has 0 bridgehead atoms. The van der Waals surface area contributed by atoms with Gasteiger partial charge >= 0.3 is 11.8 Å². The summed E-state index contributed by atoms with van der Waals surface area (Å²) < 4.78 is 1.38. The van der Waals surface area contributed by atoms with Gasteiger partial charge in [0.2, 0.25) is 11.7 Å². The fourth-order valence-electron chi connectivity index (χ4n) is 2.91. The summed E-state index contributed by atoms with van der Waals surface area (Å²) in [4.78, 5) is 37.4. The standard InChI is InChI=1S/C14H20N4O5/c1-10-16-11(18(22)23)7-17(10)8-12(19)15-9-14(13(20)21)5-3-2-4-6-14/h7H,2-6,8-9H2,1H3,(H,15,19)(H,20,21). The molecule has 1 fully saturated rings. The van der Waals surface area contributed by atoms with E-state index in [-0.39, 0.29) is 24.8 Å². The predicted octanol–water partition coefficient (Wildman–Crippen LogP) is 1.25. The van der Waals surface area contributed by atoms with E-state index in [1.807, 2.05) is 0 Å². The normalized spacial score (nSPS) is 16.7. The highest BCUT2D eigenvalue weighted by Crippen LogP contribution is 2.35. The minimum atomic E-state index is -0.899. The third-order valence-electron chi connectivity index (χ3n) is 4.35. The first-order chi connectivity index (χ1) is 10.8. The third-order valence-corrected chi connectivity index (χ3v) is 4.35. The first-order valence-corrected chi connectivity index (χ1v) is 7.52. The van der Waals surface area contributed by atoms with Gasteiger partial charge < -0.3 is 20.5 Å². The van der Waals surface area contributed by atoms with Crippen LogP contribution in [0.1, 0.15) is 37.9 Å². The van der Waals surface area contributed by atoms with Crippen LogP contribution in [0.3, 0.4) is 0 Å². The van der Waals surface area contributed by atoms with E-state index >= 15 is 0 Å². The molecule has 0 aromatic carbocycles. The Balaban J connectivity index is 1.96. The van der Waals surface area contributed by atoms with Crippen LogP contribution < -0.4 is 5.32 Å². The zero-order chi connectivity index (χ0) is 17.0. The summed E-state index contributed by atoms with van der Waals surface area (Å²) in [5, 5.41) is 22.8. The fraction of sp³-hybridized carbons (Fsp3) is 0.643. The van der Waals surface area contributed by atoms with Crippen molar-refractivity contribution in [3.63, 3.8) is 0 Å². The van der Waals surface area contributed by atoms with Gasteiger partial charge in [-0.3, -0.25) is 14.2 Å².